The summed E-state index contributed by atoms with van der Waals surface area (Å²) in [6.07, 6.45) is -2.86. The van der Waals surface area contributed by atoms with Gasteiger partial charge in [-0.15, -0.1) is 0 Å². The van der Waals surface area contributed by atoms with E-state index in [0.29, 0.717) is 24.8 Å². The minimum absolute atomic E-state index is 0.0822. The molecule has 2 fully saturated rings. The van der Waals surface area contributed by atoms with Crippen molar-refractivity contribution in [3.63, 3.8) is 0 Å². The number of rotatable bonds is 8. The molecule has 6 unspecified atom stereocenters. The topological polar surface area (TPSA) is 55.8 Å². The predicted molar refractivity (Wildman–Crippen MR) is 99.6 cm³/mol. The molecule has 0 heterocycles. The van der Waals surface area contributed by atoms with Gasteiger partial charge in [-0.1, -0.05) is 20.4 Å². The van der Waals surface area contributed by atoms with Crippen molar-refractivity contribution in [2.24, 2.45) is 17.8 Å². The summed E-state index contributed by atoms with van der Waals surface area (Å²) in [5.74, 6) is 0.116. The first-order valence-corrected chi connectivity index (χ1v) is 10.1. The minimum Gasteiger partial charge on any atom is -0.459 e. The molecule has 0 spiro atoms. The summed E-state index contributed by atoms with van der Waals surface area (Å²) in [4.78, 5) is 11.8. The Labute approximate surface area is 165 Å². The molecule has 0 radical (unpaired) electrons. The second-order valence-corrected chi connectivity index (χ2v) is 8.74. The van der Waals surface area contributed by atoms with Crippen LogP contribution >= 0.6 is 0 Å². The van der Waals surface area contributed by atoms with E-state index in [1.807, 2.05) is 13.8 Å². The molecule has 2 bridgehead atoms. The maximum atomic E-state index is 13.2. The number of ether oxygens (including phenoxy) is 2. The summed E-state index contributed by atoms with van der Waals surface area (Å²) in [6.45, 7) is 11.1. The summed E-state index contributed by atoms with van der Waals surface area (Å²) in [6, 6.07) is 0. The Balaban J connectivity index is 2.14. The molecule has 0 aromatic carbocycles. The molecule has 0 amide bonds. The molecule has 28 heavy (non-hydrogen) atoms. The lowest BCUT2D eigenvalue weighted by Crippen LogP contribution is -2.56. The normalized spacial score (nSPS) is 30.8. The van der Waals surface area contributed by atoms with Gasteiger partial charge < -0.3 is 14.6 Å². The molecule has 2 aliphatic carbocycles. The fourth-order valence-electron chi connectivity index (χ4n) is 4.98. The van der Waals surface area contributed by atoms with Crippen molar-refractivity contribution in [2.75, 3.05) is 0 Å². The molecule has 1 N–H and O–H groups in total. The first-order chi connectivity index (χ1) is 12.8. The van der Waals surface area contributed by atoms with Crippen molar-refractivity contribution in [2.45, 2.75) is 96.3 Å². The zero-order valence-electron chi connectivity index (χ0n) is 17.4. The Morgan fingerprint density at radius 2 is 1.75 bits per heavy atom. The molecule has 2 aliphatic rings. The maximum absolute atomic E-state index is 13.2. The van der Waals surface area contributed by atoms with Gasteiger partial charge in [0.15, 0.2) is 5.60 Å². The quantitative estimate of drug-likeness (QED) is 0.465. The number of halogens is 3. The van der Waals surface area contributed by atoms with Gasteiger partial charge in [0.2, 0.25) is 0 Å². The molecule has 0 aliphatic heterocycles. The van der Waals surface area contributed by atoms with Gasteiger partial charge >= 0.3 is 12.1 Å². The largest absolute Gasteiger partial charge is 0.459 e. The van der Waals surface area contributed by atoms with Crippen LogP contribution in [-0.4, -0.2) is 40.7 Å². The molecule has 7 heteroatoms. The van der Waals surface area contributed by atoms with E-state index in [1.54, 1.807) is 6.92 Å². The third kappa shape index (κ3) is 4.11. The number of alkyl halides is 3. The summed E-state index contributed by atoms with van der Waals surface area (Å²) in [5.41, 5.74) is -3.29. The van der Waals surface area contributed by atoms with Crippen molar-refractivity contribution in [3.8, 4) is 0 Å². The van der Waals surface area contributed by atoms with Gasteiger partial charge in [0.25, 0.3) is 0 Å². The SMILES string of the molecule is C=C(C)C(=O)OC1CC2CC1CC2C(CC)(CC)OC(C)C(C)(O)C(F)(F)F. The molecule has 162 valence electrons. The third-order valence-corrected chi connectivity index (χ3v) is 7.05. The smallest absolute Gasteiger partial charge is 0.419 e. The number of esters is 1. The molecular weight excluding hydrogens is 373 g/mol. The van der Waals surface area contributed by atoms with Crippen LogP contribution in [0.15, 0.2) is 12.2 Å². The standard InChI is InChI=1S/C21H33F3O4/c1-7-20(8-2,28-13(5)19(6,26)21(22,23)24)16-10-15-9-14(16)11-17(15)27-18(25)12(3)4/h13-17,26H,3,7-11H2,1-2,4-6H3. The highest BCUT2D eigenvalue weighted by Gasteiger charge is 2.59. The Hall–Kier alpha value is -1.08. The molecule has 2 saturated carbocycles. The number of hydrogen-bond acceptors (Lipinski definition) is 4. The third-order valence-electron chi connectivity index (χ3n) is 7.05. The molecule has 0 aromatic rings. The number of hydrogen-bond donors (Lipinski definition) is 1. The molecule has 4 nitrogen and oxygen atoms in total. The lowest BCUT2D eigenvalue weighted by atomic mass is 9.72. The van der Waals surface area contributed by atoms with E-state index >= 15 is 0 Å². The first-order valence-electron chi connectivity index (χ1n) is 10.1. The number of carbonyl (C=O) groups excluding carboxylic acids is 1. The van der Waals surface area contributed by atoms with Gasteiger partial charge in [0.1, 0.15) is 6.10 Å². The van der Waals surface area contributed by atoms with Crippen molar-refractivity contribution in [1.82, 2.24) is 0 Å². The number of carbonyl (C=O) groups is 1. The van der Waals surface area contributed by atoms with Gasteiger partial charge in [0, 0.05) is 5.57 Å². The highest BCUT2D eigenvalue weighted by Crippen LogP contribution is 2.56. The summed E-state index contributed by atoms with van der Waals surface area (Å²) >= 11 is 0. The number of aliphatic hydroxyl groups is 1. The van der Waals surface area contributed by atoms with Gasteiger partial charge in [-0.05, 0) is 70.6 Å². The van der Waals surface area contributed by atoms with Gasteiger partial charge in [0.05, 0.1) is 11.7 Å². The van der Waals surface area contributed by atoms with Crippen LogP contribution in [0.5, 0.6) is 0 Å². The van der Waals surface area contributed by atoms with Gasteiger partial charge in [-0.25, -0.2) is 4.79 Å². The van der Waals surface area contributed by atoms with Crippen LogP contribution in [0.4, 0.5) is 13.2 Å². The van der Waals surface area contributed by atoms with E-state index in [2.05, 4.69) is 6.58 Å². The molecule has 0 saturated heterocycles. The zero-order chi connectivity index (χ0) is 21.5. The van der Waals surface area contributed by atoms with Crippen LogP contribution in [0.25, 0.3) is 0 Å². The molecule has 6 atom stereocenters. The highest BCUT2D eigenvalue weighted by atomic mass is 19.4. The fraction of sp³-hybridized carbons (Fsp3) is 0.857. The molecule has 2 rings (SSSR count). The fourth-order valence-corrected chi connectivity index (χ4v) is 4.98. The van der Waals surface area contributed by atoms with Crippen molar-refractivity contribution >= 4 is 5.97 Å². The van der Waals surface area contributed by atoms with Crippen LogP contribution in [0.1, 0.15) is 66.7 Å². The van der Waals surface area contributed by atoms with Crippen LogP contribution < -0.4 is 0 Å². The monoisotopic (exact) mass is 406 g/mol. The van der Waals surface area contributed by atoms with Gasteiger partial charge in [-0.2, -0.15) is 13.2 Å². The Morgan fingerprint density at radius 1 is 1.18 bits per heavy atom. The lowest BCUT2D eigenvalue weighted by Gasteiger charge is -2.47. The van der Waals surface area contributed by atoms with E-state index in [9.17, 15) is 23.1 Å². The van der Waals surface area contributed by atoms with E-state index in [4.69, 9.17) is 9.47 Å². The number of fused-ring (bicyclic) bond motifs is 2. The maximum Gasteiger partial charge on any atom is 0.419 e. The Bertz CT molecular complexity index is 595. The van der Waals surface area contributed by atoms with Crippen LogP contribution in [0, 0.1) is 17.8 Å². The van der Waals surface area contributed by atoms with E-state index < -0.39 is 29.5 Å². The first kappa shape index (κ1) is 23.2. The molecule has 0 aromatic heterocycles. The minimum atomic E-state index is -4.77. The van der Waals surface area contributed by atoms with Crippen LogP contribution in [0.2, 0.25) is 0 Å². The summed E-state index contributed by atoms with van der Waals surface area (Å²) < 4.78 is 51.3. The van der Waals surface area contributed by atoms with Crippen LogP contribution in [0.3, 0.4) is 0 Å². The lowest BCUT2D eigenvalue weighted by molar-refractivity contribution is -0.305. The molecular formula is C21H33F3O4. The zero-order valence-corrected chi connectivity index (χ0v) is 17.4. The summed E-state index contributed by atoms with van der Waals surface area (Å²) in [7, 11) is 0. The predicted octanol–water partition coefficient (Wildman–Crippen LogP) is 4.80. The second kappa shape index (κ2) is 7.98. The second-order valence-electron chi connectivity index (χ2n) is 8.74. The van der Waals surface area contributed by atoms with Crippen molar-refractivity contribution in [3.05, 3.63) is 12.2 Å². The van der Waals surface area contributed by atoms with E-state index in [1.165, 1.54) is 6.92 Å². The van der Waals surface area contributed by atoms with Gasteiger partial charge in [-0.3, -0.25) is 0 Å². The Morgan fingerprint density at radius 3 is 2.14 bits per heavy atom. The average Bonchev–Trinajstić information content (AvgIpc) is 3.18. The average molecular weight is 406 g/mol. The van der Waals surface area contributed by atoms with Crippen molar-refractivity contribution < 1.29 is 32.5 Å². The van der Waals surface area contributed by atoms with Crippen LogP contribution in [-0.2, 0) is 14.3 Å². The summed E-state index contributed by atoms with van der Waals surface area (Å²) in [5, 5.41) is 10.0. The van der Waals surface area contributed by atoms with Crippen molar-refractivity contribution in [1.29, 1.82) is 0 Å². The Kier molecular flexibility index (Phi) is 6.61. The van der Waals surface area contributed by atoms with E-state index in [-0.39, 0.29) is 23.9 Å². The van der Waals surface area contributed by atoms with E-state index in [0.717, 1.165) is 19.8 Å². The highest BCUT2D eigenvalue weighted by molar-refractivity contribution is 5.87.